The lowest BCUT2D eigenvalue weighted by Crippen LogP contribution is -2.23. The summed E-state index contributed by atoms with van der Waals surface area (Å²) in [5, 5.41) is 0. The molecule has 2 N–H and O–H groups in total. The molecular weight excluding hydrogens is 238 g/mol. The third-order valence-electron chi connectivity index (χ3n) is 3.04. The fourth-order valence-electron chi connectivity index (χ4n) is 1.98. The van der Waals surface area contributed by atoms with Crippen LogP contribution in [0.25, 0.3) is 0 Å². The summed E-state index contributed by atoms with van der Waals surface area (Å²) in [4.78, 5) is 6.53. The average Bonchev–Trinajstić information content (AvgIpc) is 2.47. The summed E-state index contributed by atoms with van der Waals surface area (Å²) in [5.41, 5.74) is 8.80. The Morgan fingerprint density at radius 1 is 1.26 bits per heavy atom. The lowest BCUT2D eigenvalue weighted by molar-refractivity contribution is 0.415. The van der Waals surface area contributed by atoms with Crippen molar-refractivity contribution in [3.8, 4) is 5.75 Å². The molecule has 0 saturated heterocycles. The first-order valence-electron chi connectivity index (χ1n) is 6.33. The van der Waals surface area contributed by atoms with Crippen LogP contribution in [0.2, 0.25) is 0 Å². The molecule has 4 nitrogen and oxygen atoms in total. The van der Waals surface area contributed by atoms with Gasteiger partial charge in [0.05, 0.1) is 30.7 Å². The van der Waals surface area contributed by atoms with Crippen LogP contribution in [-0.4, -0.2) is 18.6 Å². The topological polar surface area (TPSA) is 51.4 Å². The van der Waals surface area contributed by atoms with Crippen molar-refractivity contribution in [1.82, 2.24) is 4.98 Å². The van der Waals surface area contributed by atoms with Gasteiger partial charge in [-0.2, -0.15) is 0 Å². The van der Waals surface area contributed by atoms with E-state index in [2.05, 4.69) is 16.8 Å². The minimum atomic E-state index is 0.731. The van der Waals surface area contributed by atoms with Crippen molar-refractivity contribution in [2.24, 2.45) is 0 Å². The molecule has 0 aliphatic carbocycles. The van der Waals surface area contributed by atoms with E-state index in [1.165, 1.54) is 0 Å². The Kier molecular flexibility index (Phi) is 4.23. The van der Waals surface area contributed by atoms with Gasteiger partial charge in [0.15, 0.2) is 0 Å². The molecule has 1 aromatic carbocycles. The Hall–Kier alpha value is -2.23. The number of anilines is 2. The largest absolute Gasteiger partial charge is 0.497 e. The second-order valence-corrected chi connectivity index (χ2v) is 4.26. The van der Waals surface area contributed by atoms with Crippen LogP contribution in [0.5, 0.6) is 5.75 Å². The van der Waals surface area contributed by atoms with Gasteiger partial charge >= 0.3 is 0 Å². The van der Waals surface area contributed by atoms with Gasteiger partial charge in [0.2, 0.25) is 0 Å². The maximum absolute atomic E-state index is 6.06. The van der Waals surface area contributed by atoms with Gasteiger partial charge in [-0.1, -0.05) is 6.07 Å². The number of ether oxygens (including phenoxy) is 1. The monoisotopic (exact) mass is 257 g/mol. The van der Waals surface area contributed by atoms with Crippen LogP contribution in [0, 0.1) is 0 Å². The van der Waals surface area contributed by atoms with E-state index in [0.717, 1.165) is 35.9 Å². The van der Waals surface area contributed by atoms with Crippen molar-refractivity contribution in [3.63, 3.8) is 0 Å². The Balaban J connectivity index is 2.26. The Morgan fingerprint density at radius 2 is 2.11 bits per heavy atom. The van der Waals surface area contributed by atoms with E-state index < -0.39 is 0 Å². The van der Waals surface area contributed by atoms with E-state index >= 15 is 0 Å². The molecule has 0 spiro atoms. The van der Waals surface area contributed by atoms with Gasteiger partial charge in [-0.3, -0.25) is 4.98 Å². The van der Waals surface area contributed by atoms with Gasteiger partial charge in [0.25, 0.3) is 0 Å². The van der Waals surface area contributed by atoms with E-state index in [-0.39, 0.29) is 0 Å². The molecule has 0 saturated carbocycles. The van der Waals surface area contributed by atoms with Crippen molar-refractivity contribution < 1.29 is 4.74 Å². The van der Waals surface area contributed by atoms with Crippen molar-refractivity contribution in [2.75, 3.05) is 24.3 Å². The summed E-state index contributed by atoms with van der Waals surface area (Å²) >= 11 is 0. The van der Waals surface area contributed by atoms with Crippen LogP contribution in [0.1, 0.15) is 12.6 Å². The summed E-state index contributed by atoms with van der Waals surface area (Å²) in [6.07, 6.45) is 1.80. The first-order chi connectivity index (χ1) is 9.24. The zero-order valence-corrected chi connectivity index (χ0v) is 11.3. The van der Waals surface area contributed by atoms with E-state index in [0.29, 0.717) is 0 Å². The van der Waals surface area contributed by atoms with Crippen LogP contribution in [0.15, 0.2) is 42.6 Å². The number of nitrogens with two attached hydrogens (primary N) is 1. The molecule has 0 unspecified atom stereocenters. The van der Waals surface area contributed by atoms with Crippen molar-refractivity contribution in [3.05, 3.63) is 48.3 Å². The quantitative estimate of drug-likeness (QED) is 0.837. The number of benzene rings is 1. The van der Waals surface area contributed by atoms with Crippen molar-refractivity contribution in [1.29, 1.82) is 0 Å². The summed E-state index contributed by atoms with van der Waals surface area (Å²) in [6.45, 7) is 3.69. The molecule has 0 radical (unpaired) electrons. The second-order valence-electron chi connectivity index (χ2n) is 4.26. The van der Waals surface area contributed by atoms with Gasteiger partial charge in [-0.15, -0.1) is 0 Å². The van der Waals surface area contributed by atoms with Crippen molar-refractivity contribution >= 4 is 11.4 Å². The molecule has 0 bridgehead atoms. The summed E-state index contributed by atoms with van der Waals surface area (Å²) in [5.74, 6) is 0.809. The third-order valence-corrected chi connectivity index (χ3v) is 3.04. The number of pyridine rings is 1. The average molecular weight is 257 g/mol. The number of rotatable bonds is 5. The predicted octanol–water partition coefficient (Wildman–Crippen LogP) is 2.70. The predicted molar refractivity (Wildman–Crippen MR) is 78.4 cm³/mol. The lowest BCUT2D eigenvalue weighted by atomic mass is 10.2. The van der Waals surface area contributed by atoms with Gasteiger partial charge in [-0.25, -0.2) is 0 Å². The highest BCUT2D eigenvalue weighted by Gasteiger charge is 2.10. The molecule has 4 heteroatoms. The van der Waals surface area contributed by atoms with E-state index in [1.807, 2.05) is 36.4 Å². The van der Waals surface area contributed by atoms with Gasteiger partial charge in [-0.05, 0) is 31.2 Å². The molecule has 0 aliphatic rings. The molecule has 0 fully saturated rings. The minimum absolute atomic E-state index is 0.731. The number of aromatic nitrogens is 1. The van der Waals surface area contributed by atoms with Gasteiger partial charge < -0.3 is 15.4 Å². The third kappa shape index (κ3) is 3.16. The molecule has 0 aliphatic heterocycles. The maximum atomic E-state index is 6.06. The molecule has 0 amide bonds. The fraction of sp³-hybridized carbons (Fsp3) is 0.267. The molecule has 0 atom stereocenters. The zero-order valence-electron chi connectivity index (χ0n) is 11.3. The number of hydrogen-bond acceptors (Lipinski definition) is 4. The molecule has 2 aromatic rings. The summed E-state index contributed by atoms with van der Waals surface area (Å²) in [6, 6.07) is 11.6. The highest BCUT2D eigenvalue weighted by Crippen LogP contribution is 2.28. The number of methoxy groups -OCH3 is 1. The molecule has 2 rings (SSSR count). The number of nitrogen functional groups attached to an aromatic ring is 1. The molecule has 1 heterocycles. The number of hydrogen-bond donors (Lipinski definition) is 1. The normalized spacial score (nSPS) is 10.2. The minimum Gasteiger partial charge on any atom is -0.497 e. The van der Waals surface area contributed by atoms with Crippen LogP contribution in [0.4, 0.5) is 11.4 Å². The Morgan fingerprint density at radius 3 is 2.74 bits per heavy atom. The fourth-order valence-corrected chi connectivity index (χ4v) is 1.98. The van der Waals surface area contributed by atoms with E-state index in [9.17, 15) is 0 Å². The summed E-state index contributed by atoms with van der Waals surface area (Å²) in [7, 11) is 1.66. The van der Waals surface area contributed by atoms with Crippen LogP contribution >= 0.6 is 0 Å². The van der Waals surface area contributed by atoms with Gasteiger partial charge in [0, 0.05) is 18.8 Å². The first-order valence-corrected chi connectivity index (χ1v) is 6.33. The highest BCUT2D eigenvalue weighted by molar-refractivity contribution is 5.69. The van der Waals surface area contributed by atoms with E-state index in [1.54, 1.807) is 13.3 Å². The maximum Gasteiger partial charge on any atom is 0.121 e. The Bertz CT molecular complexity index is 528. The first kappa shape index (κ1) is 13.2. The van der Waals surface area contributed by atoms with Gasteiger partial charge in [0.1, 0.15) is 5.75 Å². The standard InChI is InChI=1S/C15H19N3O/c1-3-18(11-12-6-4-5-9-17-12)15-10-13(19-2)7-8-14(15)16/h4-10H,3,11,16H2,1-2H3. The smallest absolute Gasteiger partial charge is 0.121 e. The zero-order chi connectivity index (χ0) is 13.7. The molecular formula is C15H19N3O. The second kappa shape index (κ2) is 6.09. The Labute approximate surface area is 113 Å². The van der Waals surface area contributed by atoms with Crippen LogP contribution in [0.3, 0.4) is 0 Å². The number of nitrogens with zero attached hydrogens (tertiary/aromatic N) is 2. The molecule has 100 valence electrons. The van der Waals surface area contributed by atoms with Crippen LogP contribution < -0.4 is 15.4 Å². The van der Waals surface area contributed by atoms with Crippen molar-refractivity contribution in [2.45, 2.75) is 13.5 Å². The highest BCUT2D eigenvalue weighted by atomic mass is 16.5. The SMILES string of the molecule is CCN(Cc1ccccn1)c1cc(OC)ccc1N. The van der Waals surface area contributed by atoms with Crippen LogP contribution in [-0.2, 0) is 6.54 Å². The molecule has 1 aromatic heterocycles. The lowest BCUT2D eigenvalue weighted by Gasteiger charge is -2.24. The molecule has 19 heavy (non-hydrogen) atoms. The van der Waals surface area contributed by atoms with E-state index in [4.69, 9.17) is 10.5 Å². The summed E-state index contributed by atoms with van der Waals surface area (Å²) < 4.78 is 5.26.